The van der Waals surface area contributed by atoms with Gasteiger partial charge in [0.2, 0.25) is 0 Å². The van der Waals surface area contributed by atoms with E-state index in [-0.39, 0.29) is 42.2 Å². The zero-order chi connectivity index (χ0) is 32.1. The van der Waals surface area contributed by atoms with Gasteiger partial charge in [0, 0.05) is 5.92 Å². The van der Waals surface area contributed by atoms with Gasteiger partial charge in [-0.15, -0.1) is 0 Å². The van der Waals surface area contributed by atoms with E-state index in [0.29, 0.717) is 5.56 Å². The van der Waals surface area contributed by atoms with Crippen molar-refractivity contribution in [1.29, 1.82) is 0 Å². The van der Waals surface area contributed by atoms with Crippen molar-refractivity contribution < 1.29 is 31.7 Å². The van der Waals surface area contributed by atoms with E-state index in [0.717, 1.165) is 27.8 Å². The second kappa shape index (κ2) is 13.7. The van der Waals surface area contributed by atoms with Crippen molar-refractivity contribution in [3.05, 3.63) is 119 Å². The maximum atomic E-state index is 13.9. The lowest BCUT2D eigenvalue weighted by Gasteiger charge is -2.26. The lowest BCUT2D eigenvalue weighted by molar-refractivity contribution is -0.151. The third kappa shape index (κ3) is 7.27. The number of carbonyl (C=O) groups excluding carboxylic acids is 2. The van der Waals surface area contributed by atoms with Crippen molar-refractivity contribution in [2.45, 2.75) is 50.0 Å². The maximum Gasteiger partial charge on any atom is 0.339 e. The van der Waals surface area contributed by atoms with Gasteiger partial charge in [-0.3, -0.25) is 9.59 Å². The number of rotatable bonds is 12. The molecule has 2 atom stereocenters. The quantitative estimate of drug-likeness (QED) is 0.147. The third-order valence-corrected chi connectivity index (χ3v) is 9.20. The summed E-state index contributed by atoms with van der Waals surface area (Å²) in [5.41, 5.74) is 12.0. The van der Waals surface area contributed by atoms with Crippen LogP contribution in [0.1, 0.15) is 54.4 Å². The highest BCUT2D eigenvalue weighted by atomic mass is 32.2. The molecule has 0 saturated carbocycles. The first-order valence-corrected chi connectivity index (χ1v) is 16.3. The number of benzene rings is 4. The molecule has 0 fully saturated rings. The average molecular weight is 628 g/mol. The summed E-state index contributed by atoms with van der Waals surface area (Å²) in [5, 5.41) is 0. The Hall–Kier alpha value is -4.47. The molecule has 1 aliphatic carbocycles. The number of ether oxygens (including phenoxy) is 2. The number of esters is 2. The normalized spacial score (nSPS) is 13.9. The van der Waals surface area contributed by atoms with Crippen molar-refractivity contribution in [2.75, 3.05) is 13.2 Å². The molecule has 0 amide bonds. The Morgan fingerprint density at radius 1 is 0.822 bits per heavy atom. The van der Waals surface area contributed by atoms with Crippen LogP contribution in [-0.2, 0) is 29.2 Å². The summed E-state index contributed by atoms with van der Waals surface area (Å²) < 4.78 is 42.4. The van der Waals surface area contributed by atoms with Crippen LogP contribution in [0.2, 0.25) is 0 Å². The number of fused-ring (bicyclic) bond motifs is 3. The maximum absolute atomic E-state index is 13.9. The van der Waals surface area contributed by atoms with Crippen molar-refractivity contribution in [3.63, 3.8) is 0 Å². The molecule has 45 heavy (non-hydrogen) atoms. The van der Waals surface area contributed by atoms with E-state index in [4.69, 9.17) is 19.4 Å². The summed E-state index contributed by atoms with van der Waals surface area (Å²) in [6.45, 7) is 5.48. The van der Waals surface area contributed by atoms with Crippen LogP contribution in [0.25, 0.3) is 11.1 Å². The molecule has 9 heteroatoms. The summed E-state index contributed by atoms with van der Waals surface area (Å²) >= 11 is 0. The van der Waals surface area contributed by atoms with Crippen molar-refractivity contribution in [2.24, 2.45) is 11.7 Å². The minimum absolute atomic E-state index is 0.0160. The predicted molar refractivity (Wildman–Crippen MR) is 171 cm³/mol. The molecule has 8 nitrogen and oxygen atoms in total. The topological polar surface area (TPSA) is 122 Å². The summed E-state index contributed by atoms with van der Waals surface area (Å²) in [7, 11) is -4.07. The molecule has 1 aliphatic rings. The first-order chi connectivity index (χ1) is 21.6. The predicted octanol–water partition coefficient (Wildman–Crippen LogP) is 6.12. The van der Waals surface area contributed by atoms with Crippen LogP contribution in [-0.4, -0.2) is 39.6 Å². The monoisotopic (exact) mass is 627 g/mol. The van der Waals surface area contributed by atoms with E-state index < -0.39 is 33.9 Å². The number of carbonyl (C=O) groups is 2. The fourth-order valence-corrected chi connectivity index (χ4v) is 6.70. The zero-order valence-corrected chi connectivity index (χ0v) is 26.3. The van der Waals surface area contributed by atoms with Crippen molar-refractivity contribution >= 4 is 22.1 Å². The summed E-state index contributed by atoms with van der Waals surface area (Å²) in [6.07, 6.45) is -0.417. The molecule has 2 unspecified atom stereocenters. The van der Waals surface area contributed by atoms with Crippen LogP contribution < -0.4 is 9.92 Å². The van der Waals surface area contributed by atoms with Gasteiger partial charge in [-0.1, -0.05) is 78.4 Å². The Morgan fingerprint density at radius 3 is 1.96 bits per heavy atom. The average Bonchev–Trinajstić information content (AvgIpc) is 3.33. The van der Waals surface area contributed by atoms with Crippen LogP contribution in [0.3, 0.4) is 0 Å². The molecule has 4 aromatic rings. The molecule has 0 saturated heterocycles. The van der Waals surface area contributed by atoms with Gasteiger partial charge < -0.3 is 19.4 Å². The van der Waals surface area contributed by atoms with Crippen LogP contribution >= 0.6 is 0 Å². The van der Waals surface area contributed by atoms with Gasteiger partial charge >= 0.3 is 22.1 Å². The van der Waals surface area contributed by atoms with Gasteiger partial charge in [-0.05, 0) is 85.3 Å². The Labute approximate surface area is 264 Å². The zero-order valence-electron chi connectivity index (χ0n) is 25.5. The Bertz CT molecular complexity index is 1720. The smallest absolute Gasteiger partial charge is 0.339 e. The van der Waals surface area contributed by atoms with E-state index in [1.807, 2.05) is 43.3 Å². The van der Waals surface area contributed by atoms with E-state index in [2.05, 4.69) is 12.1 Å². The molecule has 234 valence electrons. The summed E-state index contributed by atoms with van der Waals surface area (Å²) in [4.78, 5) is 26.6. The van der Waals surface area contributed by atoms with Gasteiger partial charge in [0.25, 0.3) is 0 Å². The molecular formula is C36H37NO7S. The second-order valence-corrected chi connectivity index (χ2v) is 13.0. The van der Waals surface area contributed by atoms with E-state index in [1.165, 1.54) is 24.3 Å². The molecule has 0 spiro atoms. The largest absolute Gasteiger partial charge is 0.464 e. The van der Waals surface area contributed by atoms with Crippen LogP contribution in [0.4, 0.5) is 0 Å². The minimum atomic E-state index is -4.07. The molecule has 5 rings (SSSR count). The summed E-state index contributed by atoms with van der Waals surface area (Å²) in [5.74, 6) is -2.62. The van der Waals surface area contributed by atoms with E-state index in [9.17, 15) is 18.0 Å². The van der Waals surface area contributed by atoms with Gasteiger partial charge in [-0.2, -0.15) is 8.42 Å². The Kier molecular flexibility index (Phi) is 9.70. The van der Waals surface area contributed by atoms with Crippen LogP contribution in [0.15, 0.2) is 102 Å². The molecule has 0 aliphatic heterocycles. The molecule has 0 aromatic heterocycles. The van der Waals surface area contributed by atoms with Crippen LogP contribution in [0.5, 0.6) is 5.75 Å². The van der Waals surface area contributed by atoms with E-state index in [1.54, 1.807) is 38.1 Å². The standard InChI is InChI=1S/C36H37NO7S/c1-23(2)43-34(38)20-26(21-37)35(25-14-16-27(17-15-25)44-45(40,41)28-18-12-24(3)13-19-28)36(39)42-22-33-31-10-6-4-8-29(31)30-9-5-7-11-32(30)33/h4-19,23,26,33,35H,20-22,37H2,1-3H3. The lowest BCUT2D eigenvalue weighted by atomic mass is 9.83. The SMILES string of the molecule is Cc1ccc(S(=O)(=O)Oc2ccc(C(C(=O)OCC3c4ccccc4-c4ccccc43)C(CN)CC(=O)OC(C)C)cc2)cc1. The fourth-order valence-electron chi connectivity index (χ4n) is 5.77. The Morgan fingerprint density at radius 2 is 1.40 bits per heavy atom. The first-order valence-electron chi connectivity index (χ1n) is 14.9. The van der Waals surface area contributed by atoms with Crippen molar-refractivity contribution in [3.8, 4) is 16.9 Å². The molecule has 0 heterocycles. The van der Waals surface area contributed by atoms with Gasteiger partial charge in [0.15, 0.2) is 0 Å². The number of aryl methyl sites for hydroxylation is 1. The second-order valence-electron chi connectivity index (χ2n) is 11.5. The number of hydrogen-bond acceptors (Lipinski definition) is 8. The van der Waals surface area contributed by atoms with Gasteiger partial charge in [0.05, 0.1) is 18.4 Å². The third-order valence-electron chi connectivity index (χ3n) is 7.93. The molecular weight excluding hydrogens is 590 g/mol. The number of hydrogen-bond donors (Lipinski definition) is 1. The summed E-state index contributed by atoms with van der Waals surface area (Å²) in [6, 6.07) is 28.6. The van der Waals surface area contributed by atoms with E-state index >= 15 is 0 Å². The van der Waals surface area contributed by atoms with Crippen LogP contribution in [0, 0.1) is 12.8 Å². The number of nitrogens with two attached hydrogens (primary N) is 1. The highest BCUT2D eigenvalue weighted by Crippen LogP contribution is 2.45. The molecule has 0 radical (unpaired) electrons. The fraction of sp³-hybridized carbons (Fsp3) is 0.278. The van der Waals surface area contributed by atoms with Gasteiger partial charge in [0.1, 0.15) is 17.3 Å². The molecule has 0 bridgehead atoms. The molecule has 4 aromatic carbocycles. The first kappa shape index (κ1) is 31.9. The lowest BCUT2D eigenvalue weighted by Crippen LogP contribution is -2.32. The highest BCUT2D eigenvalue weighted by Gasteiger charge is 2.35. The highest BCUT2D eigenvalue weighted by molar-refractivity contribution is 7.87. The van der Waals surface area contributed by atoms with Crippen molar-refractivity contribution in [1.82, 2.24) is 0 Å². The molecule has 2 N–H and O–H groups in total. The Balaban J connectivity index is 1.39. The van der Waals surface area contributed by atoms with Gasteiger partial charge in [-0.25, -0.2) is 0 Å². The minimum Gasteiger partial charge on any atom is -0.464 e.